The fourth-order valence-electron chi connectivity index (χ4n) is 2.46. The number of benzene rings is 2. The van der Waals surface area contributed by atoms with Gasteiger partial charge in [-0.05, 0) is 30.3 Å². The van der Waals surface area contributed by atoms with Crippen LogP contribution in [0.15, 0.2) is 48.5 Å². The molecule has 0 radical (unpaired) electrons. The molecule has 0 fully saturated rings. The summed E-state index contributed by atoms with van der Waals surface area (Å²) in [5.74, 6) is 0.681. The molecule has 0 saturated carbocycles. The van der Waals surface area contributed by atoms with Gasteiger partial charge in [-0.1, -0.05) is 23.4 Å². The molecule has 3 aromatic rings. The molecule has 0 bridgehead atoms. The molecule has 8 heteroatoms. The monoisotopic (exact) mass is 367 g/mol. The van der Waals surface area contributed by atoms with E-state index in [2.05, 4.69) is 10.3 Å². The number of methoxy groups -OCH3 is 1. The molecule has 0 atom stereocenters. The summed E-state index contributed by atoms with van der Waals surface area (Å²) < 4.78 is 45.5. The second kappa shape index (κ2) is 6.76. The number of ether oxygens (including phenoxy) is 1. The van der Waals surface area contributed by atoms with Gasteiger partial charge < -0.3 is 4.74 Å². The Morgan fingerprint density at radius 2 is 1.88 bits per heavy atom. The smallest absolute Gasteiger partial charge is 0.416 e. The largest absolute Gasteiger partial charge is 0.497 e. The van der Waals surface area contributed by atoms with E-state index in [9.17, 15) is 13.2 Å². The standard InChI is InChI=1S/C17H13ClF3N3O/c1-25-14-7-2-4-11(8-14)16-15(10-18)22-23-24(16)13-6-3-5-12(9-13)17(19,20)21/h2-9H,10H2,1H3. The van der Waals surface area contributed by atoms with E-state index < -0.39 is 11.7 Å². The van der Waals surface area contributed by atoms with Crippen LogP contribution in [0.3, 0.4) is 0 Å². The molecule has 4 nitrogen and oxygen atoms in total. The summed E-state index contributed by atoms with van der Waals surface area (Å²) >= 11 is 5.93. The first-order chi connectivity index (χ1) is 11.9. The third kappa shape index (κ3) is 3.46. The second-order valence-corrected chi connectivity index (χ2v) is 5.48. The Balaban J connectivity index is 2.17. The van der Waals surface area contributed by atoms with E-state index in [1.54, 1.807) is 24.3 Å². The van der Waals surface area contributed by atoms with Crippen LogP contribution in [0.2, 0.25) is 0 Å². The summed E-state index contributed by atoms with van der Waals surface area (Å²) in [4.78, 5) is 0. The van der Waals surface area contributed by atoms with Crippen LogP contribution in [0, 0.1) is 0 Å². The third-order valence-corrected chi connectivity index (χ3v) is 3.88. The summed E-state index contributed by atoms with van der Waals surface area (Å²) in [6, 6.07) is 12.0. The average Bonchev–Trinajstić information content (AvgIpc) is 3.05. The van der Waals surface area contributed by atoms with Crippen molar-refractivity contribution in [3.05, 3.63) is 59.8 Å². The van der Waals surface area contributed by atoms with Crippen LogP contribution in [0.4, 0.5) is 13.2 Å². The van der Waals surface area contributed by atoms with Crippen LogP contribution < -0.4 is 4.74 Å². The molecule has 0 aliphatic heterocycles. The SMILES string of the molecule is COc1cccc(-c2c(CCl)nnn2-c2cccc(C(F)(F)F)c2)c1. The lowest BCUT2D eigenvalue weighted by Crippen LogP contribution is -2.07. The van der Waals surface area contributed by atoms with Crippen LogP contribution in [-0.2, 0) is 12.1 Å². The number of hydrogen-bond acceptors (Lipinski definition) is 3. The first-order valence-electron chi connectivity index (χ1n) is 7.26. The van der Waals surface area contributed by atoms with E-state index in [1.807, 2.05) is 0 Å². The zero-order valence-corrected chi connectivity index (χ0v) is 13.8. The molecule has 2 aromatic carbocycles. The van der Waals surface area contributed by atoms with Gasteiger partial charge in [0.15, 0.2) is 0 Å². The van der Waals surface area contributed by atoms with Crippen LogP contribution >= 0.6 is 11.6 Å². The van der Waals surface area contributed by atoms with E-state index >= 15 is 0 Å². The molecule has 3 rings (SSSR count). The van der Waals surface area contributed by atoms with Crippen LogP contribution in [0.1, 0.15) is 11.3 Å². The highest BCUT2D eigenvalue weighted by atomic mass is 35.5. The highest BCUT2D eigenvalue weighted by Crippen LogP contribution is 2.33. The Bertz CT molecular complexity index is 893. The number of hydrogen-bond donors (Lipinski definition) is 0. The summed E-state index contributed by atoms with van der Waals surface area (Å²) in [7, 11) is 1.53. The van der Waals surface area contributed by atoms with Crippen molar-refractivity contribution in [3.8, 4) is 22.7 Å². The molecule has 0 saturated heterocycles. The average molecular weight is 368 g/mol. The van der Waals surface area contributed by atoms with Gasteiger partial charge in [0.2, 0.25) is 0 Å². The van der Waals surface area contributed by atoms with Crippen molar-refractivity contribution >= 4 is 11.6 Å². The van der Waals surface area contributed by atoms with E-state index in [4.69, 9.17) is 16.3 Å². The number of nitrogens with zero attached hydrogens (tertiary/aromatic N) is 3. The van der Waals surface area contributed by atoms with Crippen molar-refractivity contribution in [3.63, 3.8) is 0 Å². The molecule has 1 heterocycles. The Hall–Kier alpha value is -2.54. The first-order valence-corrected chi connectivity index (χ1v) is 7.80. The summed E-state index contributed by atoms with van der Waals surface area (Å²) in [6.07, 6.45) is -4.44. The van der Waals surface area contributed by atoms with Crippen molar-refractivity contribution in [2.75, 3.05) is 7.11 Å². The highest BCUT2D eigenvalue weighted by Gasteiger charge is 2.31. The predicted octanol–water partition coefficient (Wildman–Crippen LogP) is 4.70. The minimum absolute atomic E-state index is 0.0749. The lowest BCUT2D eigenvalue weighted by molar-refractivity contribution is -0.137. The van der Waals surface area contributed by atoms with Gasteiger partial charge >= 0.3 is 6.18 Å². The van der Waals surface area contributed by atoms with Gasteiger partial charge in [-0.2, -0.15) is 13.2 Å². The molecule has 0 unspecified atom stereocenters. The summed E-state index contributed by atoms with van der Waals surface area (Å²) in [5.41, 5.74) is 1.17. The molecule has 0 N–H and O–H groups in total. The fourth-order valence-corrected chi connectivity index (χ4v) is 2.64. The van der Waals surface area contributed by atoms with Crippen molar-refractivity contribution < 1.29 is 17.9 Å². The third-order valence-electron chi connectivity index (χ3n) is 3.63. The van der Waals surface area contributed by atoms with E-state index in [1.165, 1.54) is 23.9 Å². The zero-order valence-electron chi connectivity index (χ0n) is 13.1. The topological polar surface area (TPSA) is 39.9 Å². The quantitative estimate of drug-likeness (QED) is 0.627. The van der Waals surface area contributed by atoms with Crippen LogP contribution in [0.25, 0.3) is 16.9 Å². The van der Waals surface area contributed by atoms with E-state index in [0.29, 0.717) is 22.7 Å². The molecule has 1 aromatic heterocycles. The minimum Gasteiger partial charge on any atom is -0.497 e. The lowest BCUT2D eigenvalue weighted by atomic mass is 10.1. The van der Waals surface area contributed by atoms with Crippen LogP contribution in [0.5, 0.6) is 5.75 Å². The summed E-state index contributed by atoms with van der Waals surface area (Å²) in [6.45, 7) is 0. The van der Waals surface area contributed by atoms with Gasteiger partial charge in [-0.25, -0.2) is 4.68 Å². The zero-order chi connectivity index (χ0) is 18.0. The van der Waals surface area contributed by atoms with Crippen molar-refractivity contribution in [1.29, 1.82) is 0 Å². The number of alkyl halides is 4. The first kappa shape index (κ1) is 17.3. The van der Waals surface area contributed by atoms with E-state index in [0.717, 1.165) is 12.1 Å². The van der Waals surface area contributed by atoms with E-state index in [-0.39, 0.29) is 11.6 Å². The molecular formula is C17H13ClF3N3O. The van der Waals surface area contributed by atoms with Gasteiger partial charge in [0.1, 0.15) is 11.4 Å². The maximum atomic E-state index is 13.0. The lowest BCUT2D eigenvalue weighted by Gasteiger charge is -2.11. The van der Waals surface area contributed by atoms with Gasteiger partial charge in [-0.3, -0.25) is 0 Å². The van der Waals surface area contributed by atoms with Gasteiger partial charge in [0, 0.05) is 5.56 Å². The highest BCUT2D eigenvalue weighted by molar-refractivity contribution is 6.17. The molecule has 0 spiro atoms. The van der Waals surface area contributed by atoms with Crippen molar-refractivity contribution in [1.82, 2.24) is 15.0 Å². The number of rotatable bonds is 4. The molecule has 0 amide bonds. The summed E-state index contributed by atoms with van der Waals surface area (Å²) in [5, 5.41) is 7.98. The minimum atomic E-state index is -4.44. The Morgan fingerprint density at radius 3 is 2.56 bits per heavy atom. The molecule has 25 heavy (non-hydrogen) atoms. The number of aromatic nitrogens is 3. The molecular weight excluding hydrogens is 355 g/mol. The second-order valence-electron chi connectivity index (χ2n) is 5.21. The van der Waals surface area contributed by atoms with Gasteiger partial charge in [0.05, 0.1) is 29.9 Å². The van der Waals surface area contributed by atoms with Crippen molar-refractivity contribution in [2.45, 2.75) is 12.1 Å². The Morgan fingerprint density at radius 1 is 1.12 bits per heavy atom. The Labute approximate surface area is 146 Å². The maximum absolute atomic E-state index is 13.0. The van der Waals surface area contributed by atoms with Crippen molar-refractivity contribution in [2.24, 2.45) is 0 Å². The Kier molecular flexibility index (Phi) is 4.67. The predicted molar refractivity (Wildman–Crippen MR) is 87.9 cm³/mol. The van der Waals surface area contributed by atoms with Gasteiger partial charge in [-0.15, -0.1) is 16.7 Å². The fraction of sp³-hybridized carbons (Fsp3) is 0.176. The molecule has 0 aliphatic carbocycles. The molecule has 0 aliphatic rings. The maximum Gasteiger partial charge on any atom is 0.416 e. The van der Waals surface area contributed by atoms with Gasteiger partial charge in [0.25, 0.3) is 0 Å². The molecule has 130 valence electrons. The number of halogens is 4. The van der Waals surface area contributed by atoms with Crippen LogP contribution in [-0.4, -0.2) is 22.1 Å². The normalized spacial score (nSPS) is 11.6.